The lowest BCUT2D eigenvalue weighted by Crippen LogP contribution is -2.35. The summed E-state index contributed by atoms with van der Waals surface area (Å²) in [5.74, 6) is -0.964. The summed E-state index contributed by atoms with van der Waals surface area (Å²) in [7, 11) is 1.49. The van der Waals surface area contributed by atoms with E-state index >= 15 is 0 Å². The highest BCUT2D eigenvalue weighted by Gasteiger charge is 2.38. The average molecular weight is 265 g/mol. The number of β-amino-alcohol motifs (C(OH)–C–C–N with tert-alkyl or cyclic N) is 1. The highest BCUT2D eigenvalue weighted by molar-refractivity contribution is 5.86. The van der Waals surface area contributed by atoms with E-state index in [1.807, 2.05) is 0 Å². The number of amides is 1. The third-order valence-corrected chi connectivity index (χ3v) is 3.09. The number of nitrogens with zero attached hydrogens (tertiary/aromatic N) is 1. The first-order valence-electron chi connectivity index (χ1n) is 5.87. The molecular weight excluding hydrogens is 250 g/mol. The van der Waals surface area contributed by atoms with Crippen molar-refractivity contribution < 1.29 is 24.5 Å². The lowest BCUT2D eigenvalue weighted by molar-refractivity contribution is -0.148. The van der Waals surface area contributed by atoms with Crippen LogP contribution in [0.25, 0.3) is 0 Å². The second kappa shape index (κ2) is 5.27. The second-order valence-corrected chi connectivity index (χ2v) is 4.42. The van der Waals surface area contributed by atoms with Crippen LogP contribution in [0.1, 0.15) is 18.0 Å². The molecule has 0 aromatic heterocycles. The van der Waals surface area contributed by atoms with Gasteiger partial charge in [0.25, 0.3) is 0 Å². The first-order chi connectivity index (χ1) is 9.02. The van der Waals surface area contributed by atoms with Gasteiger partial charge in [-0.05, 0) is 17.7 Å². The van der Waals surface area contributed by atoms with Crippen LogP contribution >= 0.6 is 0 Å². The van der Waals surface area contributed by atoms with Gasteiger partial charge in [-0.3, -0.25) is 4.79 Å². The first kappa shape index (κ1) is 13.4. The zero-order valence-electron chi connectivity index (χ0n) is 10.4. The van der Waals surface area contributed by atoms with Gasteiger partial charge in [-0.1, -0.05) is 12.1 Å². The first-order valence-corrected chi connectivity index (χ1v) is 5.87. The second-order valence-electron chi connectivity index (χ2n) is 4.42. The Hall–Kier alpha value is -2.08. The molecule has 102 valence electrons. The molecule has 6 heteroatoms. The van der Waals surface area contributed by atoms with Crippen LogP contribution in [0.15, 0.2) is 24.3 Å². The zero-order valence-corrected chi connectivity index (χ0v) is 10.4. The molecule has 19 heavy (non-hydrogen) atoms. The Morgan fingerprint density at radius 3 is 2.79 bits per heavy atom. The molecule has 1 aliphatic rings. The van der Waals surface area contributed by atoms with Crippen molar-refractivity contribution in [3.05, 3.63) is 29.8 Å². The van der Waals surface area contributed by atoms with Crippen molar-refractivity contribution >= 4 is 11.9 Å². The molecule has 0 aliphatic carbocycles. The van der Waals surface area contributed by atoms with Crippen molar-refractivity contribution in [3.8, 4) is 5.75 Å². The van der Waals surface area contributed by atoms with Crippen molar-refractivity contribution in [2.45, 2.75) is 18.6 Å². The number of carboxylic acids is 1. The van der Waals surface area contributed by atoms with Gasteiger partial charge in [0.2, 0.25) is 5.91 Å². The summed E-state index contributed by atoms with van der Waals surface area (Å²) in [5.41, 5.74) is 0.453. The molecule has 2 atom stereocenters. The van der Waals surface area contributed by atoms with E-state index in [0.29, 0.717) is 11.3 Å². The van der Waals surface area contributed by atoms with Crippen LogP contribution < -0.4 is 4.74 Å². The monoisotopic (exact) mass is 265 g/mol. The maximum absolute atomic E-state index is 11.7. The molecule has 0 spiro atoms. The van der Waals surface area contributed by atoms with Crippen LogP contribution in [-0.4, -0.2) is 46.7 Å². The van der Waals surface area contributed by atoms with E-state index < -0.39 is 18.1 Å². The fourth-order valence-electron chi connectivity index (χ4n) is 2.23. The van der Waals surface area contributed by atoms with E-state index in [4.69, 9.17) is 4.74 Å². The topological polar surface area (TPSA) is 87.1 Å². The number of carboxylic acid groups (broad SMARTS) is 1. The van der Waals surface area contributed by atoms with Crippen molar-refractivity contribution in [3.63, 3.8) is 0 Å². The lowest BCUT2D eigenvalue weighted by atomic mass is 10.1. The summed E-state index contributed by atoms with van der Waals surface area (Å²) in [4.78, 5) is 24.3. The van der Waals surface area contributed by atoms with Crippen molar-refractivity contribution in [2.75, 3.05) is 13.7 Å². The lowest BCUT2D eigenvalue weighted by Gasteiger charge is -2.24. The van der Waals surface area contributed by atoms with Crippen molar-refractivity contribution in [1.29, 1.82) is 0 Å². The molecule has 1 aromatic rings. The molecule has 0 radical (unpaired) electrons. The van der Waals surface area contributed by atoms with Crippen LogP contribution in [-0.2, 0) is 9.59 Å². The van der Waals surface area contributed by atoms with Gasteiger partial charge in [-0.25, -0.2) is 4.79 Å². The number of carbonyl (C=O) groups is 2. The molecular formula is C13H15NO5. The van der Waals surface area contributed by atoms with Crippen LogP contribution in [0.4, 0.5) is 0 Å². The normalized spacial score (nSPS) is 20.4. The van der Waals surface area contributed by atoms with Crippen LogP contribution in [0.2, 0.25) is 0 Å². The summed E-state index contributed by atoms with van der Waals surface area (Å²) in [6, 6.07) is 5.47. The third kappa shape index (κ3) is 2.68. The molecule has 2 unspecified atom stereocenters. The van der Waals surface area contributed by atoms with E-state index in [-0.39, 0.29) is 18.9 Å². The Balaban J connectivity index is 2.34. The molecule has 0 saturated carbocycles. The Morgan fingerprint density at radius 2 is 2.26 bits per heavy atom. The quantitative estimate of drug-likeness (QED) is 0.823. The molecule has 1 saturated heterocycles. The van der Waals surface area contributed by atoms with E-state index in [0.717, 1.165) is 0 Å². The fraction of sp³-hybridized carbons (Fsp3) is 0.385. The number of benzene rings is 1. The highest BCUT2D eigenvalue weighted by Crippen LogP contribution is 2.28. The summed E-state index contributed by atoms with van der Waals surface area (Å²) in [6.07, 6.45) is -0.840. The number of methoxy groups -OCH3 is 1. The van der Waals surface area contributed by atoms with E-state index in [9.17, 15) is 19.8 Å². The average Bonchev–Trinajstić information content (AvgIpc) is 2.68. The summed E-state index contributed by atoms with van der Waals surface area (Å²) >= 11 is 0. The number of aliphatic hydroxyl groups excluding tert-OH is 1. The largest absolute Gasteiger partial charge is 0.497 e. The predicted molar refractivity (Wildman–Crippen MR) is 65.7 cm³/mol. The number of ether oxygens (including phenoxy) is 1. The van der Waals surface area contributed by atoms with E-state index in [1.165, 1.54) is 12.0 Å². The van der Waals surface area contributed by atoms with E-state index in [1.54, 1.807) is 24.3 Å². The van der Waals surface area contributed by atoms with Gasteiger partial charge < -0.3 is 19.8 Å². The molecule has 2 N–H and O–H groups in total. The molecule has 1 amide bonds. The van der Waals surface area contributed by atoms with Crippen molar-refractivity contribution in [1.82, 2.24) is 4.90 Å². The number of rotatable bonds is 4. The van der Waals surface area contributed by atoms with Crippen molar-refractivity contribution in [2.24, 2.45) is 0 Å². The Labute approximate surface area is 110 Å². The minimum Gasteiger partial charge on any atom is -0.497 e. The van der Waals surface area contributed by atoms with Gasteiger partial charge in [0.1, 0.15) is 5.75 Å². The number of hydrogen-bond acceptors (Lipinski definition) is 4. The van der Waals surface area contributed by atoms with Crippen LogP contribution in [0, 0.1) is 0 Å². The smallest absolute Gasteiger partial charge is 0.331 e. The summed E-state index contributed by atoms with van der Waals surface area (Å²) in [6.45, 7) is 0.0347. The third-order valence-electron chi connectivity index (χ3n) is 3.09. The van der Waals surface area contributed by atoms with Gasteiger partial charge in [0.15, 0.2) is 6.04 Å². The Kier molecular flexibility index (Phi) is 3.71. The SMILES string of the molecule is COc1cccc(C(C(=O)O)N2CC(O)CC2=O)c1. The minimum absolute atomic E-state index is 0.0340. The van der Waals surface area contributed by atoms with Gasteiger partial charge in [0.05, 0.1) is 19.6 Å². The summed E-state index contributed by atoms with van der Waals surface area (Å²) < 4.78 is 5.05. The predicted octanol–water partition coefficient (Wildman–Crippen LogP) is 0.414. The molecule has 1 fully saturated rings. The molecule has 1 aromatic carbocycles. The van der Waals surface area contributed by atoms with Gasteiger partial charge in [-0.2, -0.15) is 0 Å². The zero-order chi connectivity index (χ0) is 14.0. The molecule has 1 heterocycles. The number of carbonyl (C=O) groups excluding carboxylic acids is 1. The standard InChI is InChI=1S/C13H15NO5/c1-19-10-4-2-3-8(5-10)12(13(17)18)14-7-9(15)6-11(14)16/h2-5,9,12,15H,6-7H2,1H3,(H,17,18). The minimum atomic E-state index is -1.13. The molecule has 2 rings (SSSR count). The van der Waals surface area contributed by atoms with Gasteiger partial charge in [0, 0.05) is 6.54 Å². The Bertz CT molecular complexity index is 502. The van der Waals surface area contributed by atoms with Crippen LogP contribution in [0.5, 0.6) is 5.75 Å². The summed E-state index contributed by atoms with van der Waals surface area (Å²) in [5, 5.41) is 18.8. The molecule has 1 aliphatic heterocycles. The van der Waals surface area contributed by atoms with Gasteiger partial charge >= 0.3 is 5.97 Å². The Morgan fingerprint density at radius 1 is 1.53 bits per heavy atom. The maximum atomic E-state index is 11.7. The van der Waals surface area contributed by atoms with E-state index in [2.05, 4.69) is 0 Å². The number of hydrogen-bond donors (Lipinski definition) is 2. The maximum Gasteiger partial charge on any atom is 0.331 e. The fourth-order valence-corrected chi connectivity index (χ4v) is 2.23. The van der Waals surface area contributed by atoms with Crippen LogP contribution in [0.3, 0.4) is 0 Å². The molecule has 0 bridgehead atoms. The number of aliphatic hydroxyl groups is 1. The number of aliphatic carboxylic acids is 1. The molecule has 6 nitrogen and oxygen atoms in total. The van der Waals surface area contributed by atoms with Gasteiger partial charge in [-0.15, -0.1) is 0 Å². The highest BCUT2D eigenvalue weighted by atomic mass is 16.5. The number of likely N-dealkylation sites (tertiary alicyclic amines) is 1.